The van der Waals surface area contributed by atoms with Gasteiger partial charge in [-0.2, -0.15) is 0 Å². The number of fused-ring (bicyclic) bond motifs is 2. The van der Waals surface area contributed by atoms with Gasteiger partial charge in [0.05, 0.1) is 5.69 Å². The van der Waals surface area contributed by atoms with Gasteiger partial charge in [0.1, 0.15) is 5.82 Å². The van der Waals surface area contributed by atoms with Crippen LogP contribution in [-0.4, -0.2) is 29.7 Å². The van der Waals surface area contributed by atoms with Crippen molar-refractivity contribution in [2.24, 2.45) is 0 Å². The maximum atomic E-state index is 13.3. The molecule has 0 spiro atoms. The quantitative estimate of drug-likeness (QED) is 0.623. The summed E-state index contributed by atoms with van der Waals surface area (Å²) in [5.74, 6) is 0.0826. The van der Waals surface area contributed by atoms with Crippen LogP contribution in [0.3, 0.4) is 0 Å². The Bertz CT molecular complexity index is 1020. The molecule has 3 aromatic rings. The number of halogens is 2. The fourth-order valence-corrected chi connectivity index (χ4v) is 4.25. The molecular formula is C21H18ClFN2O. The summed E-state index contributed by atoms with van der Waals surface area (Å²) in [6.45, 7) is 3.01. The van der Waals surface area contributed by atoms with Gasteiger partial charge in [-0.15, -0.1) is 0 Å². The first-order chi connectivity index (χ1) is 12.7. The van der Waals surface area contributed by atoms with Crippen LogP contribution >= 0.6 is 11.6 Å². The highest BCUT2D eigenvalue weighted by Gasteiger charge is 2.27. The third-order valence-electron chi connectivity index (χ3n) is 5.52. The number of benzene rings is 2. The van der Waals surface area contributed by atoms with E-state index in [1.807, 2.05) is 6.07 Å². The van der Waals surface area contributed by atoms with Crippen LogP contribution in [0.2, 0.25) is 5.02 Å². The lowest BCUT2D eigenvalue weighted by Crippen LogP contribution is -2.34. The zero-order valence-electron chi connectivity index (χ0n) is 14.2. The smallest absolute Gasteiger partial charge is 0.170 e. The largest absolute Gasteiger partial charge is 0.356 e. The predicted octanol–water partition coefficient (Wildman–Crippen LogP) is 5.35. The normalized spacial score (nSPS) is 17.8. The van der Waals surface area contributed by atoms with E-state index in [0.717, 1.165) is 48.6 Å². The second kappa shape index (κ2) is 6.22. The van der Waals surface area contributed by atoms with Crippen LogP contribution in [0.4, 0.5) is 4.39 Å². The van der Waals surface area contributed by atoms with E-state index >= 15 is 0 Å². The number of hydrogen-bond acceptors (Lipinski definition) is 3. The minimum absolute atomic E-state index is 0.288. The number of rotatable bonds is 3. The predicted molar refractivity (Wildman–Crippen MR) is 102 cm³/mol. The van der Waals surface area contributed by atoms with Gasteiger partial charge >= 0.3 is 0 Å². The SMILES string of the molecule is Fc1ccc2c(C3CCN(CC4=Cc5ccc(Cl)cc54)CC3)noc2c1. The lowest BCUT2D eigenvalue weighted by atomic mass is 9.87. The second-order valence-corrected chi connectivity index (χ2v) is 7.60. The summed E-state index contributed by atoms with van der Waals surface area (Å²) in [6.07, 6.45) is 4.32. The standard InChI is InChI=1S/C21H18ClFN2O/c22-16-2-1-14-9-15(19(14)10-16)12-25-7-5-13(6-8-25)21-18-4-3-17(23)11-20(18)26-24-21/h1-4,9-11,13H,5-8,12H2. The Labute approximate surface area is 156 Å². The first-order valence-electron chi connectivity index (χ1n) is 8.95. The lowest BCUT2D eigenvalue weighted by Gasteiger charge is -2.33. The third kappa shape index (κ3) is 2.74. The van der Waals surface area contributed by atoms with Crippen molar-refractivity contribution in [3.8, 4) is 0 Å². The lowest BCUT2D eigenvalue weighted by molar-refractivity contribution is 0.232. The molecule has 5 rings (SSSR count). The van der Waals surface area contributed by atoms with E-state index in [1.54, 1.807) is 6.07 Å². The Hall–Kier alpha value is -2.17. The number of nitrogens with zero attached hydrogens (tertiary/aromatic N) is 2. The monoisotopic (exact) mass is 368 g/mol. The van der Waals surface area contributed by atoms with E-state index in [0.29, 0.717) is 11.5 Å². The summed E-state index contributed by atoms with van der Waals surface area (Å²) < 4.78 is 18.6. The van der Waals surface area contributed by atoms with Gasteiger partial charge in [-0.1, -0.05) is 22.8 Å². The molecule has 5 heteroatoms. The van der Waals surface area contributed by atoms with Crippen LogP contribution in [0.15, 0.2) is 40.9 Å². The Balaban J connectivity index is 1.25. The molecule has 0 N–H and O–H groups in total. The summed E-state index contributed by atoms with van der Waals surface area (Å²) in [5, 5.41) is 5.96. The summed E-state index contributed by atoms with van der Waals surface area (Å²) in [4.78, 5) is 2.48. The van der Waals surface area contributed by atoms with Gasteiger partial charge in [0.15, 0.2) is 5.58 Å². The molecule has 3 nitrogen and oxygen atoms in total. The fraction of sp³-hybridized carbons (Fsp3) is 0.286. The zero-order chi connectivity index (χ0) is 17.7. The molecule has 1 aromatic heterocycles. The van der Waals surface area contributed by atoms with Crippen LogP contribution in [0.1, 0.15) is 35.6 Å². The van der Waals surface area contributed by atoms with Gasteiger partial charge in [-0.25, -0.2) is 4.39 Å². The van der Waals surface area contributed by atoms with Crippen LogP contribution in [-0.2, 0) is 0 Å². The van der Waals surface area contributed by atoms with E-state index in [2.05, 4.69) is 28.3 Å². The molecular weight excluding hydrogens is 351 g/mol. The molecule has 0 saturated carbocycles. The van der Waals surface area contributed by atoms with Crippen molar-refractivity contribution in [1.29, 1.82) is 0 Å². The molecule has 2 heterocycles. The average molecular weight is 369 g/mol. The average Bonchev–Trinajstić information content (AvgIpc) is 3.05. The van der Waals surface area contributed by atoms with E-state index in [-0.39, 0.29) is 5.82 Å². The molecule has 0 bridgehead atoms. The first-order valence-corrected chi connectivity index (χ1v) is 9.33. The van der Waals surface area contributed by atoms with Crippen molar-refractivity contribution >= 4 is 34.2 Å². The van der Waals surface area contributed by atoms with Crippen LogP contribution in [0.5, 0.6) is 0 Å². The second-order valence-electron chi connectivity index (χ2n) is 7.16. The van der Waals surface area contributed by atoms with Gasteiger partial charge in [0, 0.05) is 28.9 Å². The molecule has 1 aliphatic heterocycles. The Morgan fingerprint density at radius 2 is 2.00 bits per heavy atom. The van der Waals surface area contributed by atoms with Crippen molar-refractivity contribution in [3.05, 3.63) is 64.1 Å². The van der Waals surface area contributed by atoms with E-state index in [4.69, 9.17) is 16.1 Å². The van der Waals surface area contributed by atoms with E-state index < -0.39 is 0 Å². The van der Waals surface area contributed by atoms with Crippen LogP contribution < -0.4 is 0 Å². The van der Waals surface area contributed by atoms with Crippen molar-refractivity contribution in [1.82, 2.24) is 10.1 Å². The molecule has 132 valence electrons. The fourth-order valence-electron chi connectivity index (χ4n) is 4.08. The van der Waals surface area contributed by atoms with Crippen molar-refractivity contribution in [2.75, 3.05) is 19.6 Å². The first kappa shape index (κ1) is 16.0. The van der Waals surface area contributed by atoms with Crippen molar-refractivity contribution in [3.63, 3.8) is 0 Å². The molecule has 2 aromatic carbocycles. The molecule has 0 unspecified atom stereocenters. The minimum Gasteiger partial charge on any atom is -0.356 e. The summed E-state index contributed by atoms with van der Waals surface area (Å²) in [7, 11) is 0. The van der Waals surface area contributed by atoms with Gasteiger partial charge in [0.25, 0.3) is 0 Å². The Kier molecular flexibility index (Phi) is 3.84. The number of aromatic nitrogens is 1. The van der Waals surface area contributed by atoms with E-state index in [9.17, 15) is 4.39 Å². The van der Waals surface area contributed by atoms with Gasteiger partial charge in [-0.05, 0) is 73.0 Å². The van der Waals surface area contributed by atoms with Crippen molar-refractivity contribution in [2.45, 2.75) is 18.8 Å². The number of hydrogen-bond donors (Lipinski definition) is 0. The summed E-state index contributed by atoms with van der Waals surface area (Å²) in [6, 6.07) is 10.7. The Morgan fingerprint density at radius 3 is 2.85 bits per heavy atom. The molecule has 1 fully saturated rings. The number of piperidine rings is 1. The highest BCUT2D eigenvalue weighted by Crippen LogP contribution is 2.37. The maximum absolute atomic E-state index is 13.3. The van der Waals surface area contributed by atoms with Gasteiger partial charge in [-0.3, -0.25) is 4.90 Å². The molecule has 0 radical (unpaired) electrons. The molecule has 26 heavy (non-hydrogen) atoms. The van der Waals surface area contributed by atoms with Crippen molar-refractivity contribution < 1.29 is 8.91 Å². The van der Waals surface area contributed by atoms with Gasteiger partial charge < -0.3 is 4.52 Å². The molecule has 0 atom stereocenters. The molecule has 2 aliphatic rings. The van der Waals surface area contributed by atoms with Crippen LogP contribution in [0.25, 0.3) is 22.6 Å². The molecule has 1 saturated heterocycles. The molecule has 1 aliphatic carbocycles. The van der Waals surface area contributed by atoms with Gasteiger partial charge in [0.2, 0.25) is 0 Å². The molecule has 0 amide bonds. The maximum Gasteiger partial charge on any atom is 0.170 e. The summed E-state index contributed by atoms with van der Waals surface area (Å²) in [5.41, 5.74) is 5.43. The third-order valence-corrected chi connectivity index (χ3v) is 5.76. The Morgan fingerprint density at radius 1 is 1.15 bits per heavy atom. The minimum atomic E-state index is -0.288. The highest BCUT2D eigenvalue weighted by atomic mass is 35.5. The highest BCUT2D eigenvalue weighted by molar-refractivity contribution is 6.31. The van der Waals surface area contributed by atoms with E-state index in [1.165, 1.54) is 28.8 Å². The number of likely N-dealkylation sites (tertiary alicyclic amines) is 1. The summed E-state index contributed by atoms with van der Waals surface area (Å²) >= 11 is 6.11. The zero-order valence-corrected chi connectivity index (χ0v) is 15.0. The topological polar surface area (TPSA) is 29.3 Å². The van der Waals surface area contributed by atoms with Crippen LogP contribution in [0, 0.1) is 5.82 Å².